The number of hydrogen-bond acceptors (Lipinski definition) is 4. The Labute approximate surface area is 88.0 Å². The van der Waals surface area contributed by atoms with Crippen LogP contribution in [0, 0.1) is 0 Å². The molecule has 4 nitrogen and oxygen atoms in total. The molecule has 0 spiro atoms. The normalized spacial score (nSPS) is 19.5. The molecule has 0 bridgehead atoms. The first-order chi connectivity index (χ1) is 6.94. The van der Waals surface area contributed by atoms with Gasteiger partial charge in [0, 0.05) is 6.04 Å². The maximum atomic E-state index is 11.9. The van der Waals surface area contributed by atoms with Crippen LogP contribution in [-0.4, -0.2) is 19.6 Å². The molecule has 1 atom stereocenters. The Bertz CT molecular complexity index is 544. The monoisotopic (exact) mass is 225 g/mol. The first-order valence-corrected chi connectivity index (χ1v) is 5.97. The highest BCUT2D eigenvalue weighted by atomic mass is 32.2. The minimum atomic E-state index is -3.59. The number of benzene rings is 1. The average Bonchev–Trinajstić information content (AvgIpc) is 2.39. The third-order valence-electron chi connectivity index (χ3n) is 2.35. The summed E-state index contributed by atoms with van der Waals surface area (Å²) in [7, 11) is -3.59. The smallest absolute Gasteiger partial charge is 0.208 e. The summed E-state index contributed by atoms with van der Waals surface area (Å²) in [6, 6.07) is 4.03. The van der Waals surface area contributed by atoms with E-state index >= 15 is 0 Å². The molecule has 0 radical (unpaired) electrons. The van der Waals surface area contributed by atoms with E-state index in [0.717, 1.165) is 0 Å². The van der Waals surface area contributed by atoms with E-state index in [4.69, 9.17) is 5.73 Å². The highest BCUT2D eigenvalue weighted by Gasteiger charge is 2.33. The van der Waals surface area contributed by atoms with Crippen molar-refractivity contribution in [2.45, 2.75) is 17.9 Å². The molecule has 0 aromatic heterocycles. The van der Waals surface area contributed by atoms with Crippen LogP contribution in [0.3, 0.4) is 0 Å². The second-order valence-electron chi connectivity index (χ2n) is 3.53. The molecule has 1 aromatic rings. The first-order valence-electron chi connectivity index (χ1n) is 4.49. The molecule has 0 fully saturated rings. The third kappa shape index (κ3) is 1.35. The van der Waals surface area contributed by atoms with Gasteiger partial charge in [0.1, 0.15) is 10.6 Å². The number of phenolic OH excluding ortho intramolecular Hbond substituents is 1. The molecule has 0 saturated heterocycles. The molecule has 1 aliphatic rings. The van der Waals surface area contributed by atoms with Crippen molar-refractivity contribution >= 4 is 15.9 Å². The number of fused-ring (bicyclic) bond motifs is 1. The van der Waals surface area contributed by atoms with Crippen LogP contribution in [0.15, 0.2) is 28.0 Å². The molecule has 2 rings (SSSR count). The van der Waals surface area contributed by atoms with Crippen LogP contribution in [0.1, 0.15) is 12.5 Å². The van der Waals surface area contributed by atoms with Crippen LogP contribution < -0.4 is 5.73 Å². The van der Waals surface area contributed by atoms with Gasteiger partial charge in [0.25, 0.3) is 0 Å². The lowest BCUT2D eigenvalue weighted by Crippen LogP contribution is -2.21. The summed E-state index contributed by atoms with van der Waals surface area (Å²) in [5.41, 5.74) is 6.08. The fourth-order valence-electron chi connectivity index (χ4n) is 1.67. The van der Waals surface area contributed by atoms with Gasteiger partial charge in [-0.05, 0) is 24.6 Å². The number of aromatic hydroxyl groups is 1. The lowest BCUT2D eigenvalue weighted by Gasteiger charge is -2.07. The zero-order chi connectivity index (χ0) is 11.2. The molecule has 0 amide bonds. The van der Waals surface area contributed by atoms with E-state index in [1.54, 1.807) is 19.1 Å². The largest absolute Gasteiger partial charge is 0.507 e. The second-order valence-corrected chi connectivity index (χ2v) is 5.42. The summed E-state index contributed by atoms with van der Waals surface area (Å²) in [5.74, 6) is -0.223. The summed E-state index contributed by atoms with van der Waals surface area (Å²) >= 11 is 0. The lowest BCUT2D eigenvalue weighted by atomic mass is 10.2. The van der Waals surface area contributed by atoms with Gasteiger partial charge in [-0.2, -0.15) is 0 Å². The standard InChI is InChI=1S/C10H11NO3S/c1-6(11)9-5-7-3-2-4-8(12)10(7)15(9,13)14/h2-6,12H,11H2,1H3. The Balaban J connectivity index is 2.75. The molecule has 15 heavy (non-hydrogen) atoms. The molecule has 80 valence electrons. The minimum absolute atomic E-state index is 0.0303. The molecule has 1 aromatic carbocycles. The number of rotatable bonds is 1. The molecule has 5 heteroatoms. The number of phenols is 1. The number of sulfone groups is 1. The highest BCUT2D eigenvalue weighted by Crippen LogP contribution is 2.39. The van der Waals surface area contributed by atoms with Gasteiger partial charge in [-0.1, -0.05) is 12.1 Å². The summed E-state index contributed by atoms with van der Waals surface area (Å²) in [4.78, 5) is 0.122. The van der Waals surface area contributed by atoms with Gasteiger partial charge in [0.15, 0.2) is 0 Å². The van der Waals surface area contributed by atoms with Crippen LogP contribution >= 0.6 is 0 Å². The van der Waals surface area contributed by atoms with Gasteiger partial charge < -0.3 is 10.8 Å². The van der Waals surface area contributed by atoms with Gasteiger partial charge in [-0.15, -0.1) is 0 Å². The topological polar surface area (TPSA) is 80.4 Å². The Morgan fingerprint density at radius 1 is 1.40 bits per heavy atom. The van der Waals surface area contributed by atoms with Gasteiger partial charge >= 0.3 is 0 Å². The van der Waals surface area contributed by atoms with E-state index < -0.39 is 15.9 Å². The van der Waals surface area contributed by atoms with E-state index in [1.807, 2.05) is 0 Å². The predicted molar refractivity (Wildman–Crippen MR) is 56.9 cm³/mol. The number of nitrogens with two attached hydrogens (primary N) is 1. The predicted octanol–water partition coefficient (Wildman–Crippen LogP) is 0.868. The molecule has 3 N–H and O–H groups in total. The van der Waals surface area contributed by atoms with E-state index in [1.165, 1.54) is 12.1 Å². The van der Waals surface area contributed by atoms with Crippen molar-refractivity contribution < 1.29 is 13.5 Å². The fraction of sp³-hybridized carbons (Fsp3) is 0.200. The van der Waals surface area contributed by atoms with Crippen molar-refractivity contribution in [2.75, 3.05) is 0 Å². The van der Waals surface area contributed by atoms with Crippen LogP contribution in [0.5, 0.6) is 5.75 Å². The Kier molecular flexibility index (Phi) is 2.09. The van der Waals surface area contributed by atoms with Crippen LogP contribution in [-0.2, 0) is 9.84 Å². The van der Waals surface area contributed by atoms with Crippen molar-refractivity contribution in [3.8, 4) is 5.75 Å². The Morgan fingerprint density at radius 3 is 2.60 bits per heavy atom. The third-order valence-corrected chi connectivity index (χ3v) is 4.44. The summed E-state index contributed by atoms with van der Waals surface area (Å²) in [6.45, 7) is 1.60. The molecule has 0 saturated carbocycles. The van der Waals surface area contributed by atoms with Crippen LogP contribution in [0.4, 0.5) is 0 Å². The fourth-order valence-corrected chi connectivity index (χ4v) is 3.46. The maximum Gasteiger partial charge on any atom is 0.208 e. The van der Waals surface area contributed by atoms with Gasteiger partial charge in [-0.3, -0.25) is 0 Å². The van der Waals surface area contributed by atoms with Crippen LogP contribution in [0.25, 0.3) is 6.08 Å². The molecular weight excluding hydrogens is 214 g/mol. The molecule has 1 heterocycles. The van der Waals surface area contributed by atoms with Crippen molar-refractivity contribution in [1.82, 2.24) is 0 Å². The Hall–Kier alpha value is -1.33. The van der Waals surface area contributed by atoms with Gasteiger partial charge in [-0.25, -0.2) is 8.42 Å². The zero-order valence-corrected chi connectivity index (χ0v) is 8.95. The van der Waals surface area contributed by atoms with E-state index in [2.05, 4.69) is 0 Å². The zero-order valence-electron chi connectivity index (χ0n) is 8.14. The average molecular weight is 225 g/mol. The van der Waals surface area contributed by atoms with E-state index in [0.29, 0.717) is 5.56 Å². The molecule has 1 unspecified atom stereocenters. The molecular formula is C10H11NO3S. The second kappa shape index (κ2) is 3.08. The lowest BCUT2D eigenvalue weighted by molar-refractivity contribution is 0.459. The van der Waals surface area contributed by atoms with Crippen molar-refractivity contribution in [2.24, 2.45) is 5.73 Å². The van der Waals surface area contributed by atoms with Gasteiger partial charge in [0.2, 0.25) is 9.84 Å². The van der Waals surface area contributed by atoms with E-state index in [-0.39, 0.29) is 15.6 Å². The van der Waals surface area contributed by atoms with Crippen molar-refractivity contribution in [3.63, 3.8) is 0 Å². The van der Waals surface area contributed by atoms with Crippen molar-refractivity contribution in [1.29, 1.82) is 0 Å². The minimum Gasteiger partial charge on any atom is -0.507 e. The quantitative estimate of drug-likeness (QED) is 0.743. The molecule has 1 aliphatic heterocycles. The maximum absolute atomic E-state index is 11.9. The first kappa shape index (κ1) is 10.2. The van der Waals surface area contributed by atoms with Crippen molar-refractivity contribution in [3.05, 3.63) is 28.7 Å². The SMILES string of the molecule is CC(N)C1=Cc2cccc(O)c2S1(=O)=O. The number of hydrogen-bond donors (Lipinski definition) is 2. The summed E-state index contributed by atoms with van der Waals surface area (Å²) in [5, 5.41) is 9.51. The van der Waals surface area contributed by atoms with Crippen LogP contribution in [0.2, 0.25) is 0 Å². The van der Waals surface area contributed by atoms with E-state index in [9.17, 15) is 13.5 Å². The molecule has 0 aliphatic carbocycles. The summed E-state index contributed by atoms with van der Waals surface area (Å²) in [6.07, 6.45) is 1.51. The van der Waals surface area contributed by atoms with Gasteiger partial charge in [0.05, 0.1) is 4.91 Å². The highest BCUT2D eigenvalue weighted by molar-refractivity contribution is 7.96. The summed E-state index contributed by atoms with van der Waals surface area (Å²) < 4.78 is 23.9. The Morgan fingerprint density at radius 2 is 2.07 bits per heavy atom.